The number of phenols is 1. The average molecular weight is 643 g/mol. The molecule has 246 valence electrons. The van der Waals surface area contributed by atoms with Crippen molar-refractivity contribution < 1.29 is 5.11 Å². The highest BCUT2D eigenvalue weighted by molar-refractivity contribution is 5.64. The van der Waals surface area contributed by atoms with Crippen LogP contribution in [0.25, 0.3) is 0 Å². The number of phenolic OH excluding ortho intramolecular Hbond substituents is 1. The average Bonchev–Trinajstić information content (AvgIpc) is 3.58. The molecule has 0 aromatic heterocycles. The minimum Gasteiger partial charge on any atom is -0.507 e. The van der Waals surface area contributed by atoms with Gasteiger partial charge in [-0.3, -0.25) is 9.80 Å². The first-order valence-electron chi connectivity index (χ1n) is 17.6. The number of nitrogens with zero attached hydrogens (tertiary/aromatic N) is 2. The van der Waals surface area contributed by atoms with Crippen molar-refractivity contribution in [1.82, 2.24) is 9.80 Å². The minimum atomic E-state index is -0.711. The van der Waals surface area contributed by atoms with Gasteiger partial charge in [-0.2, -0.15) is 0 Å². The van der Waals surface area contributed by atoms with Crippen molar-refractivity contribution in [1.29, 1.82) is 0 Å². The maximum Gasteiger partial charge on any atom is 0.124 e. The molecule has 1 aliphatic heterocycles. The fraction of sp³-hybridized carbons (Fsp3) is 0.217. The van der Waals surface area contributed by atoms with Gasteiger partial charge in [-0.1, -0.05) is 169 Å². The monoisotopic (exact) mass is 642 g/mol. The lowest BCUT2D eigenvalue weighted by molar-refractivity contribution is 0.155. The molecule has 0 saturated carbocycles. The van der Waals surface area contributed by atoms with Gasteiger partial charge < -0.3 is 5.11 Å². The van der Waals surface area contributed by atoms with Gasteiger partial charge >= 0.3 is 0 Å². The molecule has 1 heterocycles. The number of hydrogen-bond donors (Lipinski definition) is 1. The van der Waals surface area contributed by atoms with Gasteiger partial charge in [-0.15, -0.1) is 0 Å². The van der Waals surface area contributed by atoms with E-state index in [1.165, 1.54) is 24.0 Å². The summed E-state index contributed by atoms with van der Waals surface area (Å²) in [6.45, 7) is 6.66. The molecule has 0 amide bonds. The molecule has 0 aliphatic carbocycles. The Labute approximate surface area is 292 Å². The van der Waals surface area contributed by atoms with Gasteiger partial charge in [-0.25, -0.2) is 0 Å². The summed E-state index contributed by atoms with van der Waals surface area (Å²) in [6.07, 6.45) is 2.40. The van der Waals surface area contributed by atoms with E-state index in [0.29, 0.717) is 18.3 Å². The molecule has 3 nitrogen and oxygen atoms in total. The molecule has 0 spiro atoms. The summed E-state index contributed by atoms with van der Waals surface area (Å²) >= 11 is 0. The molecule has 6 aromatic rings. The Kier molecular flexibility index (Phi) is 10.0. The van der Waals surface area contributed by atoms with Crippen LogP contribution in [0, 0.1) is 6.92 Å². The molecular formula is C46H46N2O. The first-order valence-corrected chi connectivity index (χ1v) is 17.6. The second kappa shape index (κ2) is 15.1. The van der Waals surface area contributed by atoms with Crippen molar-refractivity contribution in [3.8, 4) is 5.75 Å². The van der Waals surface area contributed by atoms with Crippen LogP contribution in [0.15, 0.2) is 164 Å². The van der Waals surface area contributed by atoms with Crippen molar-refractivity contribution >= 4 is 0 Å². The van der Waals surface area contributed by atoms with Crippen LogP contribution < -0.4 is 0 Å². The summed E-state index contributed by atoms with van der Waals surface area (Å²) in [7, 11) is 0. The smallest absolute Gasteiger partial charge is 0.124 e. The molecule has 0 bridgehead atoms. The normalized spacial score (nSPS) is 15.1. The van der Waals surface area contributed by atoms with Crippen molar-refractivity contribution in [2.45, 2.75) is 50.9 Å². The van der Waals surface area contributed by atoms with E-state index >= 15 is 0 Å². The van der Waals surface area contributed by atoms with Crippen LogP contribution in [0.5, 0.6) is 5.75 Å². The molecule has 49 heavy (non-hydrogen) atoms. The quantitative estimate of drug-likeness (QED) is 0.135. The molecule has 6 aromatic carbocycles. The van der Waals surface area contributed by atoms with Gasteiger partial charge in [0.25, 0.3) is 0 Å². The topological polar surface area (TPSA) is 26.7 Å². The molecule has 0 unspecified atom stereocenters. The number of benzene rings is 6. The summed E-state index contributed by atoms with van der Waals surface area (Å²) < 4.78 is 0. The standard InChI is InChI=1S/C46H46N2O/c1-36-30-39(34-47(32-37-18-7-2-8-19-37)35-43-28-17-29-48(43)33-38-20-9-3-10-21-38)45(49)44(31-36)46(40-22-11-4-12-23-40,41-24-13-5-14-25-41)42-26-15-6-16-27-42/h2-16,18-27,30-31,43,49H,17,28-29,32-35H2,1H3/t43-/m0/s1. The molecule has 1 atom stereocenters. The lowest BCUT2D eigenvalue weighted by Gasteiger charge is -2.38. The maximum absolute atomic E-state index is 12.6. The largest absolute Gasteiger partial charge is 0.507 e. The number of aryl methyl sites for hydroxylation is 1. The Bertz CT molecular complexity index is 1810. The summed E-state index contributed by atoms with van der Waals surface area (Å²) in [5, 5.41) is 12.6. The Balaban J connectivity index is 1.31. The van der Waals surface area contributed by atoms with Crippen LogP contribution >= 0.6 is 0 Å². The van der Waals surface area contributed by atoms with E-state index in [-0.39, 0.29) is 0 Å². The van der Waals surface area contributed by atoms with Crippen LogP contribution in [-0.2, 0) is 25.0 Å². The molecule has 1 saturated heterocycles. The zero-order valence-electron chi connectivity index (χ0n) is 28.5. The van der Waals surface area contributed by atoms with E-state index in [0.717, 1.165) is 59.6 Å². The van der Waals surface area contributed by atoms with E-state index in [1.54, 1.807) is 0 Å². The van der Waals surface area contributed by atoms with Crippen LogP contribution in [0.2, 0.25) is 0 Å². The van der Waals surface area contributed by atoms with E-state index < -0.39 is 5.41 Å². The highest BCUT2D eigenvalue weighted by atomic mass is 16.3. The predicted octanol–water partition coefficient (Wildman–Crippen LogP) is 9.75. The Morgan fingerprint density at radius 3 is 1.65 bits per heavy atom. The zero-order chi connectivity index (χ0) is 33.5. The third kappa shape index (κ3) is 7.10. The SMILES string of the molecule is Cc1cc(CN(Cc2ccccc2)C[C@@H]2CCCN2Cc2ccccc2)c(O)c(C(c2ccccc2)(c2ccccc2)c2ccccc2)c1. The number of likely N-dealkylation sites (tertiary alicyclic amines) is 1. The van der Waals surface area contributed by atoms with Crippen molar-refractivity contribution in [3.05, 3.63) is 208 Å². The Morgan fingerprint density at radius 1 is 0.633 bits per heavy atom. The second-order valence-corrected chi connectivity index (χ2v) is 13.6. The van der Waals surface area contributed by atoms with Crippen LogP contribution in [0.1, 0.15) is 57.3 Å². The lowest BCUT2D eigenvalue weighted by Crippen LogP contribution is -2.39. The van der Waals surface area contributed by atoms with E-state index in [9.17, 15) is 5.11 Å². The molecule has 1 aliphatic rings. The van der Waals surface area contributed by atoms with Gasteiger partial charge in [0.1, 0.15) is 5.75 Å². The van der Waals surface area contributed by atoms with Crippen LogP contribution in [0.4, 0.5) is 0 Å². The second-order valence-electron chi connectivity index (χ2n) is 13.6. The van der Waals surface area contributed by atoms with Gasteiger partial charge in [0.15, 0.2) is 0 Å². The molecule has 1 fully saturated rings. The van der Waals surface area contributed by atoms with Crippen molar-refractivity contribution in [2.75, 3.05) is 13.1 Å². The first-order chi connectivity index (χ1) is 24.1. The van der Waals surface area contributed by atoms with Crippen LogP contribution in [-0.4, -0.2) is 34.0 Å². The van der Waals surface area contributed by atoms with E-state index in [2.05, 4.69) is 181 Å². The molecular weight excluding hydrogens is 597 g/mol. The summed E-state index contributed by atoms with van der Waals surface area (Å²) in [4.78, 5) is 5.21. The fourth-order valence-corrected chi connectivity index (χ4v) is 7.98. The van der Waals surface area contributed by atoms with Gasteiger partial charge in [-0.05, 0) is 54.1 Å². The molecule has 1 N–H and O–H groups in total. The first kappa shape index (κ1) is 32.6. The minimum absolute atomic E-state index is 0.368. The Hall–Kier alpha value is -4.96. The summed E-state index contributed by atoms with van der Waals surface area (Å²) in [5.74, 6) is 0.368. The highest BCUT2D eigenvalue weighted by Crippen LogP contribution is 2.49. The van der Waals surface area contributed by atoms with Gasteiger partial charge in [0.2, 0.25) is 0 Å². The van der Waals surface area contributed by atoms with Crippen LogP contribution in [0.3, 0.4) is 0 Å². The third-order valence-corrected chi connectivity index (χ3v) is 10.2. The fourth-order valence-electron chi connectivity index (χ4n) is 7.98. The zero-order valence-corrected chi connectivity index (χ0v) is 28.5. The summed E-state index contributed by atoms with van der Waals surface area (Å²) in [5.41, 5.74) is 8.34. The maximum atomic E-state index is 12.6. The molecule has 0 radical (unpaired) electrons. The van der Waals surface area contributed by atoms with E-state index in [1.807, 2.05) is 0 Å². The van der Waals surface area contributed by atoms with Crippen molar-refractivity contribution in [3.63, 3.8) is 0 Å². The molecule has 7 rings (SSSR count). The number of hydrogen-bond acceptors (Lipinski definition) is 3. The number of aromatic hydroxyl groups is 1. The number of rotatable bonds is 12. The van der Waals surface area contributed by atoms with Crippen molar-refractivity contribution in [2.24, 2.45) is 0 Å². The predicted molar refractivity (Wildman–Crippen MR) is 202 cm³/mol. The third-order valence-electron chi connectivity index (χ3n) is 10.2. The highest BCUT2D eigenvalue weighted by Gasteiger charge is 2.41. The van der Waals surface area contributed by atoms with Gasteiger partial charge in [0, 0.05) is 43.3 Å². The lowest BCUT2D eigenvalue weighted by atomic mass is 9.64. The Morgan fingerprint density at radius 2 is 1.12 bits per heavy atom. The van der Waals surface area contributed by atoms with Gasteiger partial charge in [0.05, 0.1) is 5.41 Å². The molecule has 3 heteroatoms. The summed E-state index contributed by atoms with van der Waals surface area (Å²) in [6, 6.07) is 58.5. The van der Waals surface area contributed by atoms with E-state index in [4.69, 9.17) is 0 Å².